The van der Waals surface area contributed by atoms with Gasteiger partial charge in [0.15, 0.2) is 0 Å². The maximum Gasteiger partial charge on any atom is 0.329 e. The maximum atomic E-state index is 13.2. The molecule has 28 heavy (non-hydrogen) atoms. The Hall–Kier alpha value is -3.07. The van der Waals surface area contributed by atoms with Crippen molar-refractivity contribution in [2.75, 3.05) is 6.61 Å². The largest absolute Gasteiger partial charge is 0.464 e. The van der Waals surface area contributed by atoms with Gasteiger partial charge in [-0.25, -0.2) is 9.78 Å². The number of carbonyl (C=O) groups is 1. The van der Waals surface area contributed by atoms with Crippen molar-refractivity contribution in [3.63, 3.8) is 0 Å². The van der Waals surface area contributed by atoms with Crippen LogP contribution in [0.25, 0.3) is 21.3 Å². The lowest BCUT2D eigenvalue weighted by Crippen LogP contribution is -2.31. The third-order valence-corrected chi connectivity index (χ3v) is 5.22. The average molecular weight is 401 g/mol. The first kappa shape index (κ1) is 19.7. The number of aromatic nitrogens is 2. The van der Waals surface area contributed by atoms with Crippen molar-refractivity contribution in [1.29, 1.82) is 0 Å². The number of hydrogen-bond acceptors (Lipinski definition) is 7. The van der Waals surface area contributed by atoms with Crippen molar-refractivity contribution >= 4 is 33.2 Å². The monoisotopic (exact) mass is 401 g/mol. The number of ether oxygens (including phenoxy) is 1. The molecule has 0 N–H and O–H groups in total. The smallest absolute Gasteiger partial charge is 0.329 e. The number of hydrogen-bond donors (Lipinski definition) is 0. The van der Waals surface area contributed by atoms with Crippen LogP contribution >= 0.6 is 11.3 Å². The van der Waals surface area contributed by atoms with E-state index < -0.39 is 16.9 Å². The summed E-state index contributed by atoms with van der Waals surface area (Å²) < 4.78 is 6.49. The van der Waals surface area contributed by atoms with Crippen LogP contribution in [0, 0.1) is 10.1 Å². The summed E-state index contributed by atoms with van der Waals surface area (Å²) in [6.07, 6.45) is 2.43. The van der Waals surface area contributed by atoms with Crippen LogP contribution in [0.5, 0.6) is 0 Å². The Morgan fingerprint density at radius 1 is 1.39 bits per heavy atom. The van der Waals surface area contributed by atoms with Crippen LogP contribution in [0.15, 0.2) is 40.8 Å². The Kier molecular flexibility index (Phi) is 5.84. The van der Waals surface area contributed by atoms with E-state index in [9.17, 15) is 19.7 Å². The molecule has 0 aliphatic heterocycles. The Morgan fingerprint density at radius 2 is 2.18 bits per heavy atom. The fourth-order valence-electron chi connectivity index (χ4n) is 2.94. The molecular formula is C19H19N3O5S. The van der Waals surface area contributed by atoms with E-state index in [1.165, 1.54) is 34.4 Å². The third-order valence-electron chi connectivity index (χ3n) is 4.33. The predicted octanol–water partition coefficient (Wildman–Crippen LogP) is 3.94. The van der Waals surface area contributed by atoms with E-state index in [0.29, 0.717) is 34.2 Å². The van der Waals surface area contributed by atoms with Gasteiger partial charge in [-0.2, -0.15) is 0 Å². The molecule has 0 bridgehead atoms. The second kappa shape index (κ2) is 8.30. The van der Waals surface area contributed by atoms with E-state index in [0.717, 1.165) is 0 Å². The Bertz CT molecular complexity index is 1090. The van der Waals surface area contributed by atoms with Gasteiger partial charge in [0, 0.05) is 23.1 Å². The molecule has 0 amide bonds. The molecule has 2 heterocycles. The molecule has 0 spiro atoms. The summed E-state index contributed by atoms with van der Waals surface area (Å²) in [7, 11) is 0. The van der Waals surface area contributed by atoms with Crippen LogP contribution in [0.3, 0.4) is 0 Å². The van der Waals surface area contributed by atoms with Gasteiger partial charge in [-0.15, -0.1) is 11.3 Å². The molecule has 3 aromatic rings. The number of esters is 1. The topological polar surface area (TPSA) is 104 Å². The minimum Gasteiger partial charge on any atom is -0.464 e. The van der Waals surface area contributed by atoms with Crippen molar-refractivity contribution in [3.05, 3.63) is 56.4 Å². The zero-order chi connectivity index (χ0) is 20.3. The molecule has 1 atom stereocenters. The van der Waals surface area contributed by atoms with Gasteiger partial charge in [0.05, 0.1) is 23.2 Å². The van der Waals surface area contributed by atoms with Crippen molar-refractivity contribution in [3.8, 4) is 11.1 Å². The number of rotatable bonds is 7. The molecule has 0 aliphatic carbocycles. The Labute approximate surface area is 164 Å². The number of non-ortho nitro benzene ring substituents is 1. The van der Waals surface area contributed by atoms with E-state index in [2.05, 4.69) is 4.98 Å². The minimum atomic E-state index is -0.770. The van der Waals surface area contributed by atoms with Gasteiger partial charge in [0.1, 0.15) is 10.9 Å². The fourth-order valence-corrected chi connectivity index (χ4v) is 3.85. The number of benzene rings is 1. The van der Waals surface area contributed by atoms with Gasteiger partial charge in [-0.1, -0.05) is 26.0 Å². The second-order valence-electron chi connectivity index (χ2n) is 6.19. The minimum absolute atomic E-state index is 0.0596. The SMILES string of the molecule is CCCOC(=O)[C@@H](CC)n1cnc2scc(-c3cccc([N+](=O)[O-])c3)c2c1=O. The molecule has 0 saturated heterocycles. The van der Waals surface area contributed by atoms with E-state index in [1.54, 1.807) is 24.4 Å². The normalized spacial score (nSPS) is 12.1. The summed E-state index contributed by atoms with van der Waals surface area (Å²) >= 11 is 1.28. The van der Waals surface area contributed by atoms with Crippen LogP contribution in [0.4, 0.5) is 5.69 Å². The predicted molar refractivity (Wildman–Crippen MR) is 107 cm³/mol. The number of carbonyl (C=O) groups excluding carboxylic acids is 1. The summed E-state index contributed by atoms with van der Waals surface area (Å²) in [5.41, 5.74) is 0.690. The summed E-state index contributed by atoms with van der Waals surface area (Å²) in [5.74, 6) is -0.472. The highest BCUT2D eigenvalue weighted by Gasteiger charge is 2.24. The van der Waals surface area contributed by atoms with Crippen LogP contribution in [-0.2, 0) is 9.53 Å². The molecule has 8 nitrogen and oxygen atoms in total. The first-order valence-corrected chi connectivity index (χ1v) is 9.75. The quantitative estimate of drug-likeness (QED) is 0.337. The van der Waals surface area contributed by atoms with E-state index in [4.69, 9.17) is 4.74 Å². The van der Waals surface area contributed by atoms with Gasteiger partial charge in [0.2, 0.25) is 0 Å². The highest BCUT2D eigenvalue weighted by atomic mass is 32.1. The van der Waals surface area contributed by atoms with Crippen molar-refractivity contribution in [2.45, 2.75) is 32.7 Å². The lowest BCUT2D eigenvalue weighted by molar-refractivity contribution is -0.384. The molecule has 3 rings (SSSR count). The van der Waals surface area contributed by atoms with Crippen LogP contribution in [0.1, 0.15) is 32.7 Å². The van der Waals surface area contributed by atoms with Gasteiger partial charge < -0.3 is 4.74 Å². The molecule has 2 aromatic heterocycles. The first-order chi connectivity index (χ1) is 13.5. The number of fused-ring (bicyclic) bond motifs is 1. The summed E-state index contributed by atoms with van der Waals surface area (Å²) in [6, 6.07) is 5.33. The molecular weight excluding hydrogens is 382 g/mol. The molecule has 1 aromatic carbocycles. The summed E-state index contributed by atoms with van der Waals surface area (Å²) in [4.78, 5) is 40.9. The van der Waals surface area contributed by atoms with Gasteiger partial charge in [-0.3, -0.25) is 19.5 Å². The van der Waals surface area contributed by atoms with Crippen molar-refractivity contribution < 1.29 is 14.5 Å². The summed E-state index contributed by atoms with van der Waals surface area (Å²) in [6.45, 7) is 3.98. The van der Waals surface area contributed by atoms with E-state index in [-0.39, 0.29) is 17.9 Å². The molecule has 0 unspecified atom stereocenters. The zero-order valence-electron chi connectivity index (χ0n) is 15.5. The van der Waals surface area contributed by atoms with Crippen LogP contribution < -0.4 is 5.56 Å². The van der Waals surface area contributed by atoms with Crippen LogP contribution in [0.2, 0.25) is 0 Å². The maximum absolute atomic E-state index is 13.2. The van der Waals surface area contributed by atoms with E-state index >= 15 is 0 Å². The molecule has 0 radical (unpaired) electrons. The number of nitrogens with zero attached hydrogens (tertiary/aromatic N) is 3. The molecule has 0 fully saturated rings. The van der Waals surface area contributed by atoms with Crippen molar-refractivity contribution in [2.24, 2.45) is 0 Å². The Balaban J connectivity index is 2.12. The Morgan fingerprint density at radius 3 is 2.86 bits per heavy atom. The lowest BCUT2D eigenvalue weighted by atomic mass is 10.1. The zero-order valence-corrected chi connectivity index (χ0v) is 16.3. The number of nitro groups is 1. The highest BCUT2D eigenvalue weighted by Crippen LogP contribution is 2.32. The van der Waals surface area contributed by atoms with Crippen molar-refractivity contribution in [1.82, 2.24) is 9.55 Å². The van der Waals surface area contributed by atoms with E-state index in [1.807, 2.05) is 6.92 Å². The fraction of sp³-hybridized carbons (Fsp3) is 0.316. The first-order valence-electron chi connectivity index (χ1n) is 8.87. The highest BCUT2D eigenvalue weighted by molar-refractivity contribution is 7.17. The summed E-state index contributed by atoms with van der Waals surface area (Å²) in [5, 5.41) is 13.2. The van der Waals surface area contributed by atoms with Gasteiger partial charge >= 0.3 is 5.97 Å². The second-order valence-corrected chi connectivity index (χ2v) is 7.04. The molecule has 0 saturated carbocycles. The molecule has 9 heteroatoms. The van der Waals surface area contributed by atoms with Gasteiger partial charge in [-0.05, 0) is 18.4 Å². The number of thiophene rings is 1. The average Bonchev–Trinajstić information content (AvgIpc) is 3.13. The standard InChI is InChI=1S/C19H19N3O5S/c1-3-8-27-19(24)15(4-2)21-11-20-17-16(18(21)23)14(10-28-17)12-6-5-7-13(9-12)22(25)26/h5-7,9-11,15H,3-4,8H2,1-2H3/t15-/m1/s1. The van der Waals surface area contributed by atoms with Gasteiger partial charge in [0.25, 0.3) is 11.2 Å². The lowest BCUT2D eigenvalue weighted by Gasteiger charge is -2.16. The molecule has 0 aliphatic rings. The van der Waals surface area contributed by atoms with Crippen LogP contribution in [-0.4, -0.2) is 27.1 Å². The molecule has 146 valence electrons. The third kappa shape index (κ3) is 3.65. The number of nitro benzene ring substituents is 1.